The van der Waals surface area contributed by atoms with Crippen LogP contribution in [-0.2, 0) is 11.2 Å². The van der Waals surface area contributed by atoms with Gasteiger partial charge in [0, 0.05) is 12.2 Å². The maximum Gasteiger partial charge on any atom is 0.526 e. The van der Waals surface area contributed by atoms with E-state index in [1.165, 1.54) is 13.3 Å². The van der Waals surface area contributed by atoms with Crippen LogP contribution in [0.1, 0.15) is 61.4 Å². The molecule has 6 heteroatoms. The van der Waals surface area contributed by atoms with Crippen LogP contribution in [0.2, 0.25) is 5.82 Å². The van der Waals surface area contributed by atoms with Crippen molar-refractivity contribution in [2.45, 2.75) is 63.7 Å². The number of fused-ring (bicyclic) bond motifs is 1. The summed E-state index contributed by atoms with van der Waals surface area (Å²) >= 11 is 0. The molecule has 1 aromatic rings. The highest BCUT2D eigenvalue weighted by Crippen LogP contribution is 2.37. The molecule has 3 N–H and O–H groups in total. The molecule has 0 saturated heterocycles. The Labute approximate surface area is 149 Å². The molecule has 5 nitrogen and oxygen atoms in total. The van der Waals surface area contributed by atoms with Crippen molar-refractivity contribution in [2.75, 3.05) is 0 Å². The molecule has 0 bridgehead atoms. The van der Waals surface area contributed by atoms with E-state index in [-0.39, 0.29) is 29.7 Å². The third kappa shape index (κ3) is 3.96. The van der Waals surface area contributed by atoms with Crippen LogP contribution in [0.25, 0.3) is 0 Å². The third-order valence-corrected chi connectivity index (χ3v) is 5.59. The fraction of sp³-hybridized carbons (Fsp3) is 0.579. The third-order valence-electron chi connectivity index (χ3n) is 5.59. The van der Waals surface area contributed by atoms with Gasteiger partial charge in [-0.25, -0.2) is 0 Å². The Morgan fingerprint density at radius 1 is 1.32 bits per heavy atom. The summed E-state index contributed by atoms with van der Waals surface area (Å²) in [4.78, 5) is 24.3. The Balaban J connectivity index is 1.69. The summed E-state index contributed by atoms with van der Waals surface area (Å²) in [5, 5.41) is 10.3. The zero-order valence-corrected chi connectivity index (χ0v) is 14.7. The minimum Gasteiger partial charge on any atom is -0.535 e. The van der Waals surface area contributed by atoms with Crippen LogP contribution in [0.3, 0.4) is 0 Å². The highest BCUT2D eigenvalue weighted by atomic mass is 16.5. The van der Waals surface area contributed by atoms with E-state index in [2.05, 4.69) is 0 Å². The van der Waals surface area contributed by atoms with Crippen molar-refractivity contribution < 1.29 is 19.3 Å². The van der Waals surface area contributed by atoms with E-state index < -0.39 is 13.2 Å². The summed E-state index contributed by atoms with van der Waals surface area (Å²) in [6.07, 6.45) is 6.26. The Morgan fingerprint density at radius 2 is 2.04 bits per heavy atom. The molecule has 25 heavy (non-hydrogen) atoms. The largest absolute Gasteiger partial charge is 0.535 e. The second-order valence-corrected chi connectivity index (χ2v) is 7.42. The van der Waals surface area contributed by atoms with Gasteiger partial charge in [-0.3, -0.25) is 9.59 Å². The highest BCUT2D eigenvalue weighted by Gasteiger charge is 2.39. The standard InChI is InChI=1S/C19H26BNO4/c1-12(22)16-9-5-8-14-10-15(20(24)25-19(14)16)11-17(23)18(21)13-6-3-2-4-7-13/h5,8-9,13,15,18,24H,2-4,6-7,10-11,21H2,1H3/t15-,18-/m1/s1. The summed E-state index contributed by atoms with van der Waals surface area (Å²) < 4.78 is 5.60. The molecule has 2 atom stereocenters. The molecule has 1 aliphatic heterocycles. The monoisotopic (exact) mass is 343 g/mol. The predicted octanol–water partition coefficient (Wildman–Crippen LogP) is 2.54. The molecule has 0 amide bonds. The summed E-state index contributed by atoms with van der Waals surface area (Å²) in [5.41, 5.74) is 7.53. The van der Waals surface area contributed by atoms with Gasteiger partial charge in [-0.05, 0) is 43.7 Å². The zero-order valence-electron chi connectivity index (χ0n) is 14.7. The zero-order chi connectivity index (χ0) is 18.0. The van der Waals surface area contributed by atoms with Crippen molar-refractivity contribution in [1.82, 2.24) is 0 Å². The fourth-order valence-corrected chi connectivity index (χ4v) is 4.09. The van der Waals surface area contributed by atoms with Crippen molar-refractivity contribution >= 4 is 18.7 Å². The van der Waals surface area contributed by atoms with Crippen LogP contribution < -0.4 is 10.4 Å². The number of benzene rings is 1. The summed E-state index contributed by atoms with van der Waals surface area (Å²) in [6.45, 7) is 1.48. The highest BCUT2D eigenvalue weighted by molar-refractivity contribution is 6.47. The molecule has 1 fully saturated rings. The maximum atomic E-state index is 12.6. The molecule has 134 valence electrons. The second kappa shape index (κ2) is 7.71. The van der Waals surface area contributed by atoms with Gasteiger partial charge in [0.2, 0.25) is 0 Å². The maximum absolute atomic E-state index is 12.6. The van der Waals surface area contributed by atoms with Crippen molar-refractivity contribution in [1.29, 1.82) is 0 Å². The van der Waals surface area contributed by atoms with Gasteiger partial charge in [0.05, 0.1) is 11.6 Å². The lowest BCUT2D eigenvalue weighted by Crippen LogP contribution is -2.42. The average Bonchev–Trinajstić information content (AvgIpc) is 2.61. The molecule has 1 saturated carbocycles. The number of hydrogen-bond donors (Lipinski definition) is 2. The first-order valence-electron chi connectivity index (χ1n) is 9.23. The van der Waals surface area contributed by atoms with Gasteiger partial charge in [-0.15, -0.1) is 0 Å². The van der Waals surface area contributed by atoms with Crippen molar-refractivity contribution in [3.8, 4) is 5.75 Å². The first-order chi connectivity index (χ1) is 12.0. The number of hydrogen-bond acceptors (Lipinski definition) is 5. The van der Waals surface area contributed by atoms with Crippen molar-refractivity contribution in [3.05, 3.63) is 29.3 Å². The molecule has 0 unspecified atom stereocenters. The van der Waals surface area contributed by atoms with Gasteiger partial charge >= 0.3 is 7.12 Å². The van der Waals surface area contributed by atoms with Crippen molar-refractivity contribution in [2.24, 2.45) is 11.7 Å². The number of carbonyl (C=O) groups is 2. The topological polar surface area (TPSA) is 89.6 Å². The van der Waals surface area contributed by atoms with E-state index in [0.717, 1.165) is 31.2 Å². The lowest BCUT2D eigenvalue weighted by molar-refractivity contribution is -0.121. The van der Waals surface area contributed by atoms with E-state index >= 15 is 0 Å². The summed E-state index contributed by atoms with van der Waals surface area (Å²) in [7, 11) is -1.09. The first-order valence-corrected chi connectivity index (χ1v) is 9.23. The molecule has 0 aromatic heterocycles. The van der Waals surface area contributed by atoms with E-state index in [4.69, 9.17) is 10.4 Å². The van der Waals surface area contributed by atoms with Gasteiger partial charge in [-0.1, -0.05) is 31.4 Å². The fourth-order valence-electron chi connectivity index (χ4n) is 4.09. The van der Waals surface area contributed by atoms with Crippen LogP contribution in [0, 0.1) is 5.92 Å². The summed E-state index contributed by atoms with van der Waals surface area (Å²) in [6, 6.07) is 4.94. The molecule has 0 radical (unpaired) electrons. The number of nitrogens with two attached hydrogens (primary N) is 1. The van der Waals surface area contributed by atoms with E-state index in [1.54, 1.807) is 6.07 Å². The van der Waals surface area contributed by atoms with E-state index in [0.29, 0.717) is 17.7 Å². The van der Waals surface area contributed by atoms with Gasteiger partial charge in [0.25, 0.3) is 0 Å². The predicted molar refractivity (Wildman–Crippen MR) is 96.7 cm³/mol. The van der Waals surface area contributed by atoms with Crippen LogP contribution in [0.15, 0.2) is 18.2 Å². The van der Waals surface area contributed by atoms with Crippen molar-refractivity contribution in [3.63, 3.8) is 0 Å². The number of Topliss-reactive ketones (excluding diaryl/α,β-unsaturated/α-hetero) is 2. The first kappa shape index (κ1) is 18.1. The Morgan fingerprint density at radius 3 is 2.72 bits per heavy atom. The van der Waals surface area contributed by atoms with Gasteiger partial charge in [0.1, 0.15) is 11.5 Å². The Kier molecular flexibility index (Phi) is 5.59. The molecular weight excluding hydrogens is 317 g/mol. The lowest BCUT2D eigenvalue weighted by Gasteiger charge is -2.30. The molecule has 0 spiro atoms. The van der Waals surface area contributed by atoms with Crippen LogP contribution in [0.4, 0.5) is 0 Å². The molecule has 1 aliphatic carbocycles. The molecule has 3 rings (SSSR count). The number of carbonyl (C=O) groups excluding carboxylic acids is 2. The number of ketones is 2. The second-order valence-electron chi connectivity index (χ2n) is 7.42. The molecule has 1 heterocycles. The average molecular weight is 343 g/mol. The van der Waals surface area contributed by atoms with Crippen LogP contribution in [0.5, 0.6) is 5.75 Å². The van der Waals surface area contributed by atoms with Gasteiger partial charge < -0.3 is 15.4 Å². The quantitative estimate of drug-likeness (QED) is 0.633. The molecule has 1 aromatic carbocycles. The minimum absolute atomic E-state index is 0.00530. The number of rotatable bonds is 5. The van der Waals surface area contributed by atoms with Gasteiger partial charge in [0.15, 0.2) is 5.78 Å². The SMILES string of the molecule is CC(=O)c1cccc2c1OB(O)[C@@H](CC(=O)[C@H](N)C1CCCCC1)C2. The Bertz CT molecular complexity index is 657. The van der Waals surface area contributed by atoms with E-state index in [9.17, 15) is 14.6 Å². The van der Waals surface area contributed by atoms with Crippen LogP contribution >= 0.6 is 0 Å². The Hall–Kier alpha value is -1.66. The van der Waals surface area contributed by atoms with Crippen LogP contribution in [-0.4, -0.2) is 29.8 Å². The molecule has 2 aliphatic rings. The summed E-state index contributed by atoms with van der Waals surface area (Å²) in [5.74, 6) is 0.294. The van der Waals surface area contributed by atoms with E-state index in [1.807, 2.05) is 12.1 Å². The van der Waals surface area contributed by atoms with Gasteiger partial charge in [-0.2, -0.15) is 0 Å². The molecular formula is C19H26BNO4. The number of para-hydroxylation sites is 1. The normalized spacial score (nSPS) is 22.0. The smallest absolute Gasteiger partial charge is 0.526 e. The lowest BCUT2D eigenvalue weighted by atomic mass is 9.63. The minimum atomic E-state index is -1.09.